The van der Waals surface area contributed by atoms with Crippen LogP contribution in [-0.2, 0) is 6.54 Å². The van der Waals surface area contributed by atoms with Gasteiger partial charge in [-0.2, -0.15) is 5.10 Å². The molecule has 1 aromatic carbocycles. The summed E-state index contributed by atoms with van der Waals surface area (Å²) in [5, 5.41) is 10.9. The van der Waals surface area contributed by atoms with Crippen molar-refractivity contribution in [3.05, 3.63) is 52.8 Å². The molecule has 0 spiro atoms. The number of hydrogen-bond donors (Lipinski definition) is 2. The van der Waals surface area contributed by atoms with Crippen LogP contribution in [0.25, 0.3) is 0 Å². The van der Waals surface area contributed by atoms with Gasteiger partial charge in [-0.05, 0) is 69.5 Å². The summed E-state index contributed by atoms with van der Waals surface area (Å²) in [4.78, 5) is 12.4. The van der Waals surface area contributed by atoms with Crippen molar-refractivity contribution < 1.29 is 4.79 Å². The van der Waals surface area contributed by atoms with Crippen LogP contribution in [0.1, 0.15) is 40.2 Å². The summed E-state index contributed by atoms with van der Waals surface area (Å²) in [6.45, 7) is 7.57. The third-order valence-electron chi connectivity index (χ3n) is 4.58. The van der Waals surface area contributed by atoms with Gasteiger partial charge < -0.3 is 10.6 Å². The topological polar surface area (TPSA) is 59.0 Å². The van der Waals surface area contributed by atoms with Crippen molar-refractivity contribution in [2.24, 2.45) is 5.92 Å². The lowest BCUT2D eigenvalue weighted by molar-refractivity contribution is 0.0944. The van der Waals surface area contributed by atoms with Gasteiger partial charge in [0.15, 0.2) is 0 Å². The number of nitrogens with one attached hydrogen (secondary N) is 2. The number of aromatic nitrogens is 2. The van der Waals surface area contributed by atoms with E-state index in [0.717, 1.165) is 42.1 Å². The van der Waals surface area contributed by atoms with Gasteiger partial charge in [0.25, 0.3) is 5.91 Å². The first-order valence-corrected chi connectivity index (χ1v) is 8.71. The van der Waals surface area contributed by atoms with Crippen molar-refractivity contribution in [1.82, 2.24) is 20.4 Å². The van der Waals surface area contributed by atoms with Gasteiger partial charge in [0.2, 0.25) is 0 Å². The summed E-state index contributed by atoms with van der Waals surface area (Å²) in [5.41, 5.74) is 3.96. The molecule has 1 atom stereocenters. The molecular formula is C19H26N4O. The molecule has 0 saturated carbocycles. The van der Waals surface area contributed by atoms with Crippen molar-refractivity contribution in [3.63, 3.8) is 0 Å². The fourth-order valence-corrected chi connectivity index (χ4v) is 3.26. The number of carbonyl (C=O) groups excluding carboxylic acids is 1. The standard InChI is InChI=1S/C19H26N4O/c1-14-9-15(2)23(22-14)13-16-5-3-7-18(10-16)19(24)21-12-17-6-4-8-20-11-17/h3,5,7,9-10,17,20H,4,6,8,11-13H2,1-2H3,(H,21,24). The zero-order chi connectivity index (χ0) is 16.9. The number of benzene rings is 1. The molecule has 1 unspecified atom stereocenters. The Balaban J connectivity index is 1.61. The van der Waals surface area contributed by atoms with E-state index >= 15 is 0 Å². The first-order valence-electron chi connectivity index (χ1n) is 8.71. The number of hydrogen-bond acceptors (Lipinski definition) is 3. The average Bonchev–Trinajstić information content (AvgIpc) is 2.91. The lowest BCUT2D eigenvalue weighted by Gasteiger charge is -2.22. The number of aryl methyl sites for hydroxylation is 2. The molecular weight excluding hydrogens is 300 g/mol. The van der Waals surface area contributed by atoms with E-state index in [1.807, 2.05) is 35.9 Å². The van der Waals surface area contributed by atoms with Crippen molar-refractivity contribution >= 4 is 5.91 Å². The minimum absolute atomic E-state index is 0.00999. The highest BCUT2D eigenvalue weighted by molar-refractivity contribution is 5.94. The smallest absolute Gasteiger partial charge is 0.251 e. The van der Waals surface area contributed by atoms with Gasteiger partial charge in [-0.3, -0.25) is 9.48 Å². The van der Waals surface area contributed by atoms with Crippen molar-refractivity contribution in [3.8, 4) is 0 Å². The Morgan fingerprint density at radius 3 is 2.96 bits per heavy atom. The van der Waals surface area contributed by atoms with E-state index in [1.54, 1.807) is 0 Å². The Morgan fingerprint density at radius 1 is 1.38 bits per heavy atom. The summed E-state index contributed by atoms with van der Waals surface area (Å²) in [6.07, 6.45) is 2.38. The highest BCUT2D eigenvalue weighted by atomic mass is 16.1. The second-order valence-electron chi connectivity index (χ2n) is 6.71. The molecule has 0 bridgehead atoms. The van der Waals surface area contributed by atoms with E-state index < -0.39 is 0 Å². The largest absolute Gasteiger partial charge is 0.352 e. The molecule has 128 valence electrons. The lowest BCUT2D eigenvalue weighted by atomic mass is 9.99. The maximum absolute atomic E-state index is 12.4. The second kappa shape index (κ2) is 7.62. The van der Waals surface area contributed by atoms with Crippen LogP contribution in [0.4, 0.5) is 0 Å². The van der Waals surface area contributed by atoms with Crippen molar-refractivity contribution in [1.29, 1.82) is 0 Å². The summed E-state index contributed by atoms with van der Waals surface area (Å²) in [6, 6.07) is 9.88. The molecule has 2 N–H and O–H groups in total. The van der Waals surface area contributed by atoms with Crippen LogP contribution in [0, 0.1) is 19.8 Å². The third kappa shape index (κ3) is 4.23. The summed E-state index contributed by atoms with van der Waals surface area (Å²) in [7, 11) is 0. The molecule has 1 aliphatic heterocycles. The van der Waals surface area contributed by atoms with E-state index in [-0.39, 0.29) is 5.91 Å². The molecule has 1 aliphatic rings. The molecule has 2 heterocycles. The van der Waals surface area contributed by atoms with E-state index in [0.29, 0.717) is 12.5 Å². The van der Waals surface area contributed by atoms with Gasteiger partial charge >= 0.3 is 0 Å². The minimum Gasteiger partial charge on any atom is -0.352 e. The predicted molar refractivity (Wildman–Crippen MR) is 95.2 cm³/mol. The molecule has 1 amide bonds. The zero-order valence-electron chi connectivity index (χ0n) is 14.5. The van der Waals surface area contributed by atoms with Gasteiger partial charge in [0.05, 0.1) is 12.2 Å². The quantitative estimate of drug-likeness (QED) is 0.886. The second-order valence-corrected chi connectivity index (χ2v) is 6.71. The van der Waals surface area contributed by atoms with Crippen LogP contribution >= 0.6 is 0 Å². The fraction of sp³-hybridized carbons (Fsp3) is 0.474. The van der Waals surface area contributed by atoms with Crippen LogP contribution in [0.15, 0.2) is 30.3 Å². The van der Waals surface area contributed by atoms with E-state index in [1.165, 1.54) is 12.8 Å². The van der Waals surface area contributed by atoms with Gasteiger partial charge in [0, 0.05) is 17.8 Å². The number of nitrogens with zero attached hydrogens (tertiary/aromatic N) is 2. The zero-order valence-corrected chi connectivity index (χ0v) is 14.5. The fourth-order valence-electron chi connectivity index (χ4n) is 3.26. The molecule has 1 fully saturated rings. The van der Waals surface area contributed by atoms with Gasteiger partial charge in [-0.25, -0.2) is 0 Å². The first kappa shape index (κ1) is 16.7. The van der Waals surface area contributed by atoms with Gasteiger partial charge in [0.1, 0.15) is 0 Å². The number of carbonyl (C=O) groups is 1. The van der Waals surface area contributed by atoms with E-state index in [2.05, 4.69) is 28.7 Å². The normalized spacial score (nSPS) is 17.7. The Hall–Kier alpha value is -2.14. The summed E-state index contributed by atoms with van der Waals surface area (Å²) >= 11 is 0. The van der Waals surface area contributed by atoms with Crippen molar-refractivity contribution in [2.45, 2.75) is 33.2 Å². The molecule has 5 heteroatoms. The Kier molecular flexibility index (Phi) is 5.30. The molecule has 0 radical (unpaired) electrons. The monoisotopic (exact) mass is 326 g/mol. The van der Waals surface area contributed by atoms with Crippen LogP contribution in [0.5, 0.6) is 0 Å². The average molecular weight is 326 g/mol. The molecule has 1 aromatic heterocycles. The highest BCUT2D eigenvalue weighted by Gasteiger charge is 2.14. The van der Waals surface area contributed by atoms with E-state index in [4.69, 9.17) is 0 Å². The number of rotatable bonds is 5. The first-order chi connectivity index (χ1) is 11.6. The Bertz CT molecular complexity index is 701. The van der Waals surface area contributed by atoms with Crippen LogP contribution in [0.3, 0.4) is 0 Å². The maximum atomic E-state index is 12.4. The van der Waals surface area contributed by atoms with Crippen molar-refractivity contribution in [2.75, 3.05) is 19.6 Å². The van der Waals surface area contributed by atoms with Crippen LogP contribution < -0.4 is 10.6 Å². The van der Waals surface area contributed by atoms with Gasteiger partial charge in [-0.15, -0.1) is 0 Å². The maximum Gasteiger partial charge on any atom is 0.251 e. The van der Waals surface area contributed by atoms with Crippen LogP contribution in [0.2, 0.25) is 0 Å². The third-order valence-corrected chi connectivity index (χ3v) is 4.58. The number of amides is 1. The SMILES string of the molecule is Cc1cc(C)n(Cc2cccc(C(=O)NCC3CCCNC3)c2)n1. The number of piperidine rings is 1. The molecule has 0 aliphatic carbocycles. The summed E-state index contributed by atoms with van der Waals surface area (Å²) < 4.78 is 1.97. The molecule has 1 saturated heterocycles. The van der Waals surface area contributed by atoms with Crippen LogP contribution in [-0.4, -0.2) is 35.3 Å². The Labute approximate surface area is 143 Å². The molecule has 5 nitrogen and oxygen atoms in total. The van der Waals surface area contributed by atoms with E-state index in [9.17, 15) is 4.79 Å². The molecule has 24 heavy (non-hydrogen) atoms. The summed E-state index contributed by atoms with van der Waals surface area (Å²) in [5.74, 6) is 0.552. The molecule has 2 aromatic rings. The molecule has 3 rings (SSSR count). The van der Waals surface area contributed by atoms with Gasteiger partial charge in [-0.1, -0.05) is 12.1 Å². The Morgan fingerprint density at radius 2 is 2.25 bits per heavy atom. The highest BCUT2D eigenvalue weighted by Crippen LogP contribution is 2.11. The lowest BCUT2D eigenvalue weighted by Crippen LogP contribution is -2.38. The predicted octanol–water partition coefficient (Wildman–Crippen LogP) is 2.28. The minimum atomic E-state index is 0.00999.